The van der Waals surface area contributed by atoms with Gasteiger partial charge in [0.1, 0.15) is 17.2 Å². The lowest BCUT2D eigenvalue weighted by atomic mass is 9.71. The van der Waals surface area contributed by atoms with E-state index < -0.39 is 23.3 Å². The maximum absolute atomic E-state index is 14.9. The van der Waals surface area contributed by atoms with E-state index >= 15 is 0 Å². The SMILES string of the molecule is CCc1ccc2cc(N(c3cccc(C(=O)Oc4ccc(C(C)(c5ccc(OC(=O)c6cccc(N(c7ccc8c(c7)C(C)(C)c7ccccc7-8)c7ccc8cc(CC)ccc8c7)c6)cc5)c5ccc(OC(=O)c6cccc(N(c7ccc8c(c7)C(C)(C)c7ccccc7-8)c7ccc8cc(CC)ccc8c7)c6)cc5)cc4)c3)c3ccc4c(c3)C(C)(C)c3ccccc3-4)ccc2c1. The van der Waals surface area contributed by atoms with Crippen molar-refractivity contribution in [2.75, 3.05) is 14.7 Å². The predicted octanol–water partition coefficient (Wildman–Crippen LogP) is 31.2. The number of benzene rings is 18. The fraction of sp³-hybridized carbons (Fsp3) is 0.139. The van der Waals surface area contributed by atoms with Crippen LogP contribution in [0.4, 0.5) is 51.2 Å². The van der Waals surface area contributed by atoms with E-state index in [2.05, 4.69) is 321 Å². The van der Waals surface area contributed by atoms with Gasteiger partial charge in [0.25, 0.3) is 0 Å². The zero-order valence-electron chi connectivity index (χ0n) is 75.3. The Kier molecular flexibility index (Phi) is 20.6. The molecule has 0 N–H and O–H groups in total. The van der Waals surface area contributed by atoms with Crippen molar-refractivity contribution in [2.24, 2.45) is 0 Å². The lowest BCUT2D eigenvalue weighted by Crippen LogP contribution is -2.25. The predicted molar refractivity (Wildman–Crippen MR) is 536 cm³/mol. The molecule has 0 saturated carbocycles. The second-order valence-corrected chi connectivity index (χ2v) is 36.9. The zero-order valence-corrected chi connectivity index (χ0v) is 75.3. The van der Waals surface area contributed by atoms with Gasteiger partial charge in [-0.05, 0) is 322 Å². The number of carbonyl (C=O) groups is 3. The van der Waals surface area contributed by atoms with Crippen molar-refractivity contribution in [2.45, 2.75) is 110 Å². The van der Waals surface area contributed by atoms with Crippen LogP contribution in [0.1, 0.15) is 167 Å². The highest BCUT2D eigenvalue weighted by Crippen LogP contribution is 2.56. The van der Waals surface area contributed by atoms with Crippen molar-refractivity contribution in [3.05, 3.63) is 466 Å². The Morgan fingerprint density at radius 3 is 0.756 bits per heavy atom. The number of fused-ring (bicyclic) bond motifs is 12. The van der Waals surface area contributed by atoms with E-state index in [4.69, 9.17) is 14.2 Å². The van der Waals surface area contributed by atoms with Gasteiger partial charge in [0, 0.05) is 72.8 Å². The van der Waals surface area contributed by atoms with E-state index in [9.17, 15) is 14.4 Å². The molecule has 0 spiro atoms. The molecular weight excluding hydrogens is 1600 g/mol. The van der Waals surface area contributed by atoms with Gasteiger partial charge in [-0.2, -0.15) is 0 Å². The minimum Gasteiger partial charge on any atom is -0.423 e. The molecule has 9 heteroatoms. The molecule has 0 fully saturated rings. The van der Waals surface area contributed by atoms with Crippen molar-refractivity contribution < 1.29 is 28.6 Å². The van der Waals surface area contributed by atoms with Crippen molar-refractivity contribution in [1.29, 1.82) is 0 Å². The minimum atomic E-state index is -0.926. The molecule has 18 aromatic rings. The van der Waals surface area contributed by atoms with Gasteiger partial charge in [-0.3, -0.25) is 0 Å². The smallest absolute Gasteiger partial charge is 0.343 e. The largest absolute Gasteiger partial charge is 0.423 e. The Balaban J connectivity index is 0.596. The van der Waals surface area contributed by atoms with Crippen LogP contribution in [0.2, 0.25) is 0 Å². The molecule has 0 aromatic heterocycles. The van der Waals surface area contributed by atoms with Gasteiger partial charge in [0.05, 0.1) is 16.7 Å². The molecule has 0 radical (unpaired) electrons. The van der Waals surface area contributed by atoms with Gasteiger partial charge < -0.3 is 28.9 Å². The summed E-state index contributed by atoms with van der Waals surface area (Å²) in [6, 6.07) is 132. The van der Waals surface area contributed by atoms with Crippen molar-refractivity contribution in [1.82, 2.24) is 0 Å². The lowest BCUT2D eigenvalue weighted by molar-refractivity contribution is 0.0725. The number of ether oxygens (including phenoxy) is 3. The molecule has 0 bridgehead atoms. The molecular formula is C122H99N3O6. The van der Waals surface area contributed by atoms with Crippen molar-refractivity contribution in [3.63, 3.8) is 0 Å². The molecule has 131 heavy (non-hydrogen) atoms. The molecule has 0 unspecified atom stereocenters. The Morgan fingerprint density at radius 1 is 0.237 bits per heavy atom. The Bertz CT molecular complexity index is 6930. The Hall–Kier alpha value is -15.5. The van der Waals surface area contributed by atoms with E-state index in [0.29, 0.717) is 33.9 Å². The zero-order chi connectivity index (χ0) is 89.8. The summed E-state index contributed by atoms with van der Waals surface area (Å²) in [6.07, 6.45) is 2.82. The molecule has 0 aliphatic heterocycles. The number of hydrogen-bond acceptors (Lipinski definition) is 9. The molecule has 21 rings (SSSR count). The monoisotopic (exact) mass is 1700 g/mol. The van der Waals surface area contributed by atoms with Gasteiger partial charge in [-0.15, -0.1) is 0 Å². The first-order valence-electron chi connectivity index (χ1n) is 45.6. The number of anilines is 9. The minimum absolute atomic E-state index is 0.247. The van der Waals surface area contributed by atoms with Crippen LogP contribution in [0.5, 0.6) is 17.2 Å². The van der Waals surface area contributed by atoms with Crippen LogP contribution in [0.25, 0.3) is 65.7 Å². The second kappa shape index (κ2) is 32.7. The second-order valence-electron chi connectivity index (χ2n) is 36.9. The summed E-state index contributed by atoms with van der Waals surface area (Å²) in [5.41, 5.74) is 29.0. The first-order chi connectivity index (χ1) is 63.6. The average Bonchev–Trinajstić information content (AvgIpc) is 1.60. The molecule has 9 nitrogen and oxygen atoms in total. The van der Waals surface area contributed by atoms with Gasteiger partial charge in [-0.25, -0.2) is 14.4 Å². The van der Waals surface area contributed by atoms with Gasteiger partial charge in [0.15, 0.2) is 0 Å². The quantitative estimate of drug-likeness (QED) is 0.0396. The molecule has 0 heterocycles. The van der Waals surface area contributed by atoms with Crippen LogP contribution in [0.15, 0.2) is 382 Å². The summed E-state index contributed by atoms with van der Waals surface area (Å²) in [5, 5.41) is 6.83. The standard InChI is InChI=1S/C122H99N3O6/c1-11-77-35-38-83-68-95(50-41-80(83)65-77)123(98-53-62-107-104-29-14-17-32-110(104)119(4,5)113(107)74-98)92-26-20-23-86(71-92)116(126)129-101-56-44-89(45-57-101)122(10,90-46-58-102(59-47-90)130-117(127)87-24-21-27-93(72-87)124(96-51-42-81-66-78(12-2)36-39-84(81)69-96)99-54-63-108-105-30-15-18-33-111(105)120(6,7)114(108)75-99)91-48-60-103(61-49-91)131-118(128)88-25-22-28-94(73-88)125(97-52-43-82-67-79(13-3)37-40-85(82)70-97)100-55-64-109-106-31-16-19-34-112(106)121(8,9)115(109)76-100/h14-76H,11-13H2,1-10H3. The number of esters is 3. The summed E-state index contributed by atoms with van der Waals surface area (Å²) in [5.74, 6) is -0.498. The number of aryl methyl sites for hydroxylation is 3. The molecule has 0 atom stereocenters. The molecule has 3 aliphatic rings. The first-order valence-corrected chi connectivity index (χ1v) is 45.6. The molecule has 0 amide bonds. The van der Waals surface area contributed by atoms with E-state index in [1.165, 1.54) is 83.5 Å². The van der Waals surface area contributed by atoms with Crippen LogP contribution in [0.3, 0.4) is 0 Å². The van der Waals surface area contributed by atoms with Crippen molar-refractivity contribution >= 4 is 101 Å². The number of rotatable bonds is 21. The fourth-order valence-corrected chi connectivity index (χ4v) is 20.6. The van der Waals surface area contributed by atoms with E-state index in [1.807, 2.05) is 127 Å². The van der Waals surface area contributed by atoms with Crippen LogP contribution >= 0.6 is 0 Å². The molecule has 0 saturated heterocycles. The summed E-state index contributed by atoms with van der Waals surface area (Å²) in [7, 11) is 0. The summed E-state index contributed by atoms with van der Waals surface area (Å²) in [6.45, 7) is 22.4. The number of nitrogens with zero attached hydrogens (tertiary/aromatic N) is 3. The molecule has 3 aliphatic carbocycles. The van der Waals surface area contributed by atoms with Crippen LogP contribution in [-0.4, -0.2) is 17.9 Å². The lowest BCUT2D eigenvalue weighted by Gasteiger charge is -2.32. The third-order valence-corrected chi connectivity index (χ3v) is 28.1. The molecule has 18 aromatic carbocycles. The van der Waals surface area contributed by atoms with Gasteiger partial charge >= 0.3 is 17.9 Å². The van der Waals surface area contributed by atoms with E-state index in [-0.39, 0.29) is 16.2 Å². The fourth-order valence-electron chi connectivity index (χ4n) is 20.6. The van der Waals surface area contributed by atoms with E-state index in [1.54, 1.807) is 18.2 Å². The number of hydrogen-bond donors (Lipinski definition) is 0. The Labute approximate surface area is 766 Å². The maximum atomic E-state index is 14.9. The summed E-state index contributed by atoms with van der Waals surface area (Å²) >= 11 is 0. The van der Waals surface area contributed by atoms with Crippen LogP contribution in [0, 0.1) is 0 Å². The highest BCUT2D eigenvalue weighted by Gasteiger charge is 2.40. The van der Waals surface area contributed by atoms with Gasteiger partial charge in [-0.1, -0.05) is 281 Å². The summed E-state index contributed by atoms with van der Waals surface area (Å²) in [4.78, 5) is 51.3. The highest BCUT2D eigenvalue weighted by atomic mass is 16.5. The maximum Gasteiger partial charge on any atom is 0.343 e. The third-order valence-electron chi connectivity index (χ3n) is 28.1. The van der Waals surface area contributed by atoms with E-state index in [0.717, 1.165) is 119 Å². The van der Waals surface area contributed by atoms with Crippen LogP contribution in [-0.2, 0) is 40.9 Å². The third kappa shape index (κ3) is 14.7. The highest BCUT2D eigenvalue weighted by molar-refractivity contribution is 6.00. The van der Waals surface area contributed by atoms with Gasteiger partial charge in [0.2, 0.25) is 0 Å². The average molecular weight is 1700 g/mol. The first kappa shape index (κ1) is 82.5. The number of carbonyl (C=O) groups excluding carboxylic acids is 3. The Morgan fingerprint density at radius 2 is 0.473 bits per heavy atom. The van der Waals surface area contributed by atoms with Crippen LogP contribution < -0.4 is 28.9 Å². The topological polar surface area (TPSA) is 88.6 Å². The van der Waals surface area contributed by atoms with Crippen molar-refractivity contribution in [3.8, 4) is 50.6 Å². The normalized spacial score (nSPS) is 13.3. The summed E-state index contributed by atoms with van der Waals surface area (Å²) < 4.78 is 19.2. The molecule has 638 valence electrons.